The van der Waals surface area contributed by atoms with Gasteiger partial charge in [-0.2, -0.15) is 0 Å². The lowest BCUT2D eigenvalue weighted by atomic mass is 9.99. The Hall–Kier alpha value is -2.81. The van der Waals surface area contributed by atoms with Gasteiger partial charge < -0.3 is 0 Å². The van der Waals surface area contributed by atoms with Crippen LogP contribution in [0.1, 0.15) is 29.9 Å². The first-order valence-corrected chi connectivity index (χ1v) is 8.27. The monoisotopic (exact) mass is 313 g/mol. The van der Waals surface area contributed by atoms with Gasteiger partial charge in [0.05, 0.1) is 11.0 Å². The molecular formula is C21H19N3. The van der Waals surface area contributed by atoms with Gasteiger partial charge in [0.15, 0.2) is 0 Å². The molecule has 2 aromatic heterocycles. The summed E-state index contributed by atoms with van der Waals surface area (Å²) in [6, 6.07) is 18.8. The number of hydrogen-bond donors (Lipinski definition) is 0. The molecule has 0 aliphatic rings. The largest absolute Gasteiger partial charge is 0.253 e. The highest BCUT2D eigenvalue weighted by Gasteiger charge is 2.11. The Balaban J connectivity index is 1.63. The maximum atomic E-state index is 4.72. The zero-order valence-electron chi connectivity index (χ0n) is 13.9. The van der Waals surface area contributed by atoms with Gasteiger partial charge in [0.1, 0.15) is 5.82 Å². The van der Waals surface area contributed by atoms with E-state index in [1.807, 2.05) is 43.5 Å². The van der Waals surface area contributed by atoms with Crippen LogP contribution >= 0.6 is 0 Å². The fourth-order valence-electron chi connectivity index (χ4n) is 3.06. The first kappa shape index (κ1) is 14.8. The summed E-state index contributed by atoms with van der Waals surface area (Å²) in [6.45, 7) is 4.20. The van der Waals surface area contributed by atoms with E-state index < -0.39 is 0 Å². The number of nitrogens with zero attached hydrogens (tertiary/aromatic N) is 3. The van der Waals surface area contributed by atoms with E-state index in [0.717, 1.165) is 34.4 Å². The van der Waals surface area contributed by atoms with Crippen LogP contribution in [-0.4, -0.2) is 15.0 Å². The molecule has 0 aliphatic heterocycles. The van der Waals surface area contributed by atoms with Crippen LogP contribution in [-0.2, 0) is 6.42 Å². The van der Waals surface area contributed by atoms with Crippen molar-refractivity contribution in [1.82, 2.24) is 15.0 Å². The summed E-state index contributed by atoms with van der Waals surface area (Å²) in [6.07, 6.45) is 2.82. The summed E-state index contributed by atoms with van der Waals surface area (Å²) in [4.78, 5) is 13.9. The Morgan fingerprint density at radius 3 is 2.62 bits per heavy atom. The second-order valence-electron chi connectivity index (χ2n) is 6.37. The second-order valence-corrected chi connectivity index (χ2v) is 6.37. The first-order valence-electron chi connectivity index (χ1n) is 8.27. The van der Waals surface area contributed by atoms with Crippen molar-refractivity contribution >= 4 is 21.8 Å². The number of rotatable bonds is 3. The third-order valence-electron chi connectivity index (χ3n) is 4.39. The molecular weight excluding hydrogens is 294 g/mol. The fourth-order valence-corrected chi connectivity index (χ4v) is 3.06. The van der Waals surface area contributed by atoms with Gasteiger partial charge in [0.25, 0.3) is 0 Å². The summed E-state index contributed by atoms with van der Waals surface area (Å²) in [5.41, 5.74) is 4.37. The highest BCUT2D eigenvalue weighted by molar-refractivity contribution is 5.79. The van der Waals surface area contributed by atoms with E-state index in [9.17, 15) is 0 Å². The quantitative estimate of drug-likeness (QED) is 0.543. The molecule has 118 valence electrons. The van der Waals surface area contributed by atoms with Crippen LogP contribution in [0.25, 0.3) is 21.8 Å². The Kier molecular flexibility index (Phi) is 3.69. The molecule has 0 saturated carbocycles. The fraction of sp³-hybridized carbons (Fsp3) is 0.190. The van der Waals surface area contributed by atoms with Gasteiger partial charge in [-0.15, -0.1) is 0 Å². The highest BCUT2D eigenvalue weighted by atomic mass is 14.9. The van der Waals surface area contributed by atoms with Crippen LogP contribution in [0.4, 0.5) is 0 Å². The van der Waals surface area contributed by atoms with Crippen LogP contribution in [0, 0.1) is 6.92 Å². The van der Waals surface area contributed by atoms with Crippen LogP contribution in [0.5, 0.6) is 0 Å². The molecule has 1 unspecified atom stereocenters. The van der Waals surface area contributed by atoms with Gasteiger partial charge >= 0.3 is 0 Å². The molecule has 0 bridgehead atoms. The van der Waals surface area contributed by atoms with Gasteiger partial charge in [0, 0.05) is 28.6 Å². The zero-order valence-corrected chi connectivity index (χ0v) is 13.9. The number of pyridine rings is 1. The zero-order chi connectivity index (χ0) is 16.5. The molecule has 3 heteroatoms. The summed E-state index contributed by atoms with van der Waals surface area (Å²) in [7, 11) is 0. The molecule has 0 spiro atoms. The number of hydrogen-bond acceptors (Lipinski definition) is 3. The van der Waals surface area contributed by atoms with Crippen molar-refractivity contribution in [1.29, 1.82) is 0 Å². The Morgan fingerprint density at radius 1 is 0.875 bits per heavy atom. The number of benzene rings is 2. The van der Waals surface area contributed by atoms with Crippen LogP contribution in [0.3, 0.4) is 0 Å². The van der Waals surface area contributed by atoms with Crippen molar-refractivity contribution in [2.45, 2.75) is 26.2 Å². The lowest BCUT2D eigenvalue weighted by molar-refractivity contribution is 0.703. The van der Waals surface area contributed by atoms with Crippen LogP contribution in [0.15, 0.2) is 60.8 Å². The molecule has 0 radical (unpaired) electrons. The Bertz CT molecular complexity index is 1020. The van der Waals surface area contributed by atoms with Gasteiger partial charge in [-0.3, -0.25) is 4.98 Å². The minimum absolute atomic E-state index is 0.261. The lowest BCUT2D eigenvalue weighted by Crippen LogP contribution is -2.04. The maximum Gasteiger partial charge on any atom is 0.132 e. The van der Waals surface area contributed by atoms with E-state index in [4.69, 9.17) is 4.98 Å². The average Bonchev–Trinajstić information content (AvgIpc) is 2.61. The van der Waals surface area contributed by atoms with E-state index in [1.54, 1.807) is 0 Å². The predicted octanol–water partition coefficient (Wildman–Crippen LogP) is 4.83. The molecule has 0 aliphatic carbocycles. The van der Waals surface area contributed by atoms with Crippen molar-refractivity contribution in [2.75, 3.05) is 0 Å². The normalized spacial score (nSPS) is 12.6. The summed E-state index contributed by atoms with van der Waals surface area (Å²) >= 11 is 0. The first-order chi connectivity index (χ1) is 11.7. The predicted molar refractivity (Wildman–Crippen MR) is 98.1 cm³/mol. The van der Waals surface area contributed by atoms with E-state index in [-0.39, 0.29) is 5.92 Å². The van der Waals surface area contributed by atoms with Gasteiger partial charge in [-0.25, -0.2) is 9.97 Å². The van der Waals surface area contributed by atoms with E-state index in [0.29, 0.717) is 0 Å². The van der Waals surface area contributed by atoms with E-state index in [2.05, 4.69) is 41.2 Å². The van der Waals surface area contributed by atoms with E-state index >= 15 is 0 Å². The summed E-state index contributed by atoms with van der Waals surface area (Å²) < 4.78 is 0. The summed E-state index contributed by atoms with van der Waals surface area (Å²) in [5, 5.41) is 2.26. The summed E-state index contributed by atoms with van der Waals surface area (Å²) in [5.74, 6) is 1.16. The van der Waals surface area contributed by atoms with Crippen molar-refractivity contribution < 1.29 is 0 Å². The van der Waals surface area contributed by atoms with Gasteiger partial charge in [-0.05, 0) is 37.1 Å². The minimum Gasteiger partial charge on any atom is -0.253 e. The second kappa shape index (κ2) is 6.00. The molecule has 1 atom stereocenters. The average molecular weight is 313 g/mol. The molecule has 0 N–H and O–H groups in total. The van der Waals surface area contributed by atoms with Crippen molar-refractivity contribution in [3.05, 3.63) is 77.9 Å². The van der Waals surface area contributed by atoms with Crippen LogP contribution in [0.2, 0.25) is 0 Å². The van der Waals surface area contributed by atoms with Gasteiger partial charge in [0.2, 0.25) is 0 Å². The number of fused-ring (bicyclic) bond motifs is 2. The molecule has 2 aromatic carbocycles. The standard InChI is InChI=1S/C21H19N3/c1-14(21-22-13-18-5-3-4-6-19(18)24-21)11-16-8-10-17-9-7-15(2)23-20(17)12-16/h3-10,12-14H,11H2,1-2H3. The van der Waals surface area contributed by atoms with E-state index in [1.165, 1.54) is 10.9 Å². The Labute approximate surface area is 141 Å². The topological polar surface area (TPSA) is 38.7 Å². The molecule has 0 fully saturated rings. The molecule has 0 saturated heterocycles. The molecule has 4 aromatic rings. The smallest absolute Gasteiger partial charge is 0.132 e. The molecule has 24 heavy (non-hydrogen) atoms. The number of aromatic nitrogens is 3. The minimum atomic E-state index is 0.261. The molecule has 2 heterocycles. The van der Waals surface area contributed by atoms with Crippen molar-refractivity contribution in [3.8, 4) is 0 Å². The SMILES string of the molecule is Cc1ccc2ccc(CC(C)c3ncc4ccccc4n3)cc2n1. The highest BCUT2D eigenvalue weighted by Crippen LogP contribution is 2.22. The van der Waals surface area contributed by atoms with Crippen molar-refractivity contribution in [3.63, 3.8) is 0 Å². The third kappa shape index (κ3) is 2.85. The maximum absolute atomic E-state index is 4.72. The van der Waals surface area contributed by atoms with Crippen molar-refractivity contribution in [2.24, 2.45) is 0 Å². The number of para-hydroxylation sites is 1. The van der Waals surface area contributed by atoms with Gasteiger partial charge in [-0.1, -0.05) is 43.3 Å². The van der Waals surface area contributed by atoms with Crippen LogP contribution < -0.4 is 0 Å². The molecule has 4 rings (SSSR count). The Morgan fingerprint density at radius 2 is 1.71 bits per heavy atom. The lowest BCUT2D eigenvalue weighted by Gasteiger charge is -2.11. The third-order valence-corrected chi connectivity index (χ3v) is 4.39. The molecule has 3 nitrogen and oxygen atoms in total. The number of aryl methyl sites for hydroxylation is 1. The molecule has 0 amide bonds.